The van der Waals surface area contributed by atoms with Crippen molar-refractivity contribution in [3.8, 4) is 0 Å². The molecule has 1 heterocycles. The molecular formula is C17H21ClN2O2. The van der Waals surface area contributed by atoms with Crippen LogP contribution < -0.4 is 10.9 Å². The molecule has 1 saturated carbocycles. The molecule has 5 unspecified atom stereocenters. The van der Waals surface area contributed by atoms with Gasteiger partial charge in [0.2, 0.25) is 0 Å². The maximum absolute atomic E-state index is 11.4. The number of hydrazine groups is 1. The number of benzene rings is 1. The smallest absolute Gasteiger partial charge is 0.322 e. The highest BCUT2D eigenvalue weighted by molar-refractivity contribution is 6.21. The second kappa shape index (κ2) is 5.52. The Bertz CT molecular complexity index is 606. The van der Waals surface area contributed by atoms with Gasteiger partial charge >= 0.3 is 5.97 Å². The molecule has 1 aromatic carbocycles. The molecule has 0 amide bonds. The van der Waals surface area contributed by atoms with Crippen LogP contribution in [0.5, 0.6) is 0 Å². The standard InChI is InChI=1S/C17H21ClN2O2/c18-14-8-15-13(16(17(21)22)20-19-15)7-12(14)11-5-4-9-2-1-3-10(9)6-11/h4-6,12-16,19-20H,1-3,7-8H2,(H,21,22). The summed E-state index contributed by atoms with van der Waals surface area (Å²) in [6.07, 6.45) is 5.23. The van der Waals surface area contributed by atoms with Gasteiger partial charge in [-0.05, 0) is 48.8 Å². The summed E-state index contributed by atoms with van der Waals surface area (Å²) in [5, 5.41) is 9.42. The number of hydrogen-bond acceptors (Lipinski definition) is 3. The zero-order valence-corrected chi connectivity index (χ0v) is 13.1. The van der Waals surface area contributed by atoms with E-state index in [1.807, 2.05) is 0 Å². The highest BCUT2D eigenvalue weighted by Crippen LogP contribution is 2.43. The number of halogens is 1. The summed E-state index contributed by atoms with van der Waals surface area (Å²) in [6, 6.07) is 6.41. The Hall–Kier alpha value is -1.10. The summed E-state index contributed by atoms with van der Waals surface area (Å²) >= 11 is 6.65. The summed E-state index contributed by atoms with van der Waals surface area (Å²) in [5.74, 6) is -0.427. The molecule has 1 aliphatic heterocycles. The number of nitrogens with one attached hydrogen (secondary N) is 2. The van der Waals surface area contributed by atoms with E-state index >= 15 is 0 Å². The van der Waals surface area contributed by atoms with E-state index in [4.69, 9.17) is 11.6 Å². The Morgan fingerprint density at radius 2 is 2.00 bits per heavy atom. The third-order valence-corrected chi connectivity index (χ3v) is 6.11. The first-order valence-electron chi connectivity index (χ1n) is 8.13. The van der Waals surface area contributed by atoms with Crippen LogP contribution in [0.2, 0.25) is 0 Å². The zero-order chi connectivity index (χ0) is 15.3. The molecule has 2 fully saturated rings. The summed E-state index contributed by atoms with van der Waals surface area (Å²) in [5.41, 5.74) is 10.3. The molecule has 3 N–H and O–H groups in total. The van der Waals surface area contributed by atoms with Crippen LogP contribution >= 0.6 is 11.6 Å². The van der Waals surface area contributed by atoms with Crippen molar-refractivity contribution in [3.63, 3.8) is 0 Å². The predicted octanol–water partition coefficient (Wildman–Crippen LogP) is 2.21. The molecule has 118 valence electrons. The van der Waals surface area contributed by atoms with Gasteiger partial charge in [0.15, 0.2) is 0 Å². The van der Waals surface area contributed by atoms with Crippen LogP contribution in [0, 0.1) is 5.92 Å². The lowest BCUT2D eigenvalue weighted by molar-refractivity contribution is -0.140. The molecule has 4 rings (SSSR count). The number of aryl methyl sites for hydroxylation is 2. The fourth-order valence-corrected chi connectivity index (χ4v) is 4.88. The van der Waals surface area contributed by atoms with Crippen LogP contribution in [-0.4, -0.2) is 28.5 Å². The van der Waals surface area contributed by atoms with E-state index in [1.54, 1.807) is 0 Å². The van der Waals surface area contributed by atoms with Crippen LogP contribution in [0.1, 0.15) is 41.9 Å². The Morgan fingerprint density at radius 1 is 1.18 bits per heavy atom. The first kappa shape index (κ1) is 14.5. The number of aliphatic carboxylic acids is 1. The van der Waals surface area contributed by atoms with Crippen molar-refractivity contribution in [1.82, 2.24) is 10.9 Å². The first-order chi connectivity index (χ1) is 10.6. The van der Waals surface area contributed by atoms with Crippen LogP contribution in [0.3, 0.4) is 0 Å². The van der Waals surface area contributed by atoms with Gasteiger partial charge in [-0.3, -0.25) is 10.2 Å². The minimum Gasteiger partial charge on any atom is -0.480 e. The number of carboxylic acid groups (broad SMARTS) is 1. The summed E-state index contributed by atoms with van der Waals surface area (Å²) in [6.45, 7) is 0. The minimum atomic E-state index is -0.777. The van der Waals surface area contributed by atoms with Crippen LogP contribution in [0.4, 0.5) is 0 Å². The number of carbonyl (C=O) groups is 1. The van der Waals surface area contributed by atoms with E-state index in [1.165, 1.54) is 29.5 Å². The quantitative estimate of drug-likeness (QED) is 0.731. The Morgan fingerprint density at radius 3 is 2.82 bits per heavy atom. The average molecular weight is 321 g/mol. The molecule has 4 nitrogen and oxygen atoms in total. The molecule has 0 aromatic heterocycles. The van der Waals surface area contributed by atoms with Gasteiger partial charge in [-0.25, -0.2) is 5.43 Å². The monoisotopic (exact) mass is 320 g/mol. The average Bonchev–Trinajstić information content (AvgIpc) is 3.11. The van der Waals surface area contributed by atoms with E-state index in [-0.39, 0.29) is 23.3 Å². The molecule has 0 radical (unpaired) electrons. The molecule has 0 bridgehead atoms. The molecule has 0 spiro atoms. The fourth-order valence-electron chi connectivity index (χ4n) is 4.44. The van der Waals surface area contributed by atoms with E-state index < -0.39 is 12.0 Å². The molecule has 3 aliphatic rings. The number of carboxylic acids is 1. The van der Waals surface area contributed by atoms with Crippen molar-refractivity contribution in [1.29, 1.82) is 0 Å². The Balaban J connectivity index is 1.60. The van der Waals surface area contributed by atoms with Crippen molar-refractivity contribution in [2.75, 3.05) is 0 Å². The molecular weight excluding hydrogens is 300 g/mol. The third-order valence-electron chi connectivity index (χ3n) is 5.63. The fraction of sp³-hybridized carbons (Fsp3) is 0.588. The largest absolute Gasteiger partial charge is 0.480 e. The number of rotatable bonds is 2. The second-order valence-electron chi connectivity index (χ2n) is 6.85. The van der Waals surface area contributed by atoms with E-state index in [2.05, 4.69) is 29.1 Å². The van der Waals surface area contributed by atoms with Crippen molar-refractivity contribution >= 4 is 17.6 Å². The van der Waals surface area contributed by atoms with Crippen molar-refractivity contribution in [2.45, 2.75) is 55.5 Å². The molecule has 2 aliphatic carbocycles. The molecule has 1 saturated heterocycles. The number of alkyl halides is 1. The van der Waals surface area contributed by atoms with E-state index in [0.717, 1.165) is 19.3 Å². The predicted molar refractivity (Wildman–Crippen MR) is 85.1 cm³/mol. The van der Waals surface area contributed by atoms with Gasteiger partial charge in [0.05, 0.1) is 0 Å². The maximum Gasteiger partial charge on any atom is 0.322 e. The van der Waals surface area contributed by atoms with Crippen LogP contribution in [-0.2, 0) is 17.6 Å². The molecule has 1 aromatic rings. The summed E-state index contributed by atoms with van der Waals surface area (Å²) in [7, 11) is 0. The van der Waals surface area contributed by atoms with Crippen molar-refractivity contribution in [2.24, 2.45) is 5.92 Å². The first-order valence-corrected chi connectivity index (χ1v) is 8.57. The second-order valence-corrected chi connectivity index (χ2v) is 7.41. The SMILES string of the molecule is O=C(O)C1NNC2CC(Cl)C(c3ccc4c(c3)CCC4)CC21. The Kier molecular flexibility index (Phi) is 3.63. The van der Waals surface area contributed by atoms with Gasteiger partial charge in [-0.1, -0.05) is 18.2 Å². The van der Waals surface area contributed by atoms with Gasteiger partial charge in [0, 0.05) is 23.3 Å². The van der Waals surface area contributed by atoms with Gasteiger partial charge < -0.3 is 5.11 Å². The Labute approximate surface area is 135 Å². The van der Waals surface area contributed by atoms with Crippen molar-refractivity contribution < 1.29 is 9.90 Å². The topological polar surface area (TPSA) is 61.4 Å². The highest BCUT2D eigenvalue weighted by atomic mass is 35.5. The third kappa shape index (κ3) is 2.34. The molecule has 22 heavy (non-hydrogen) atoms. The zero-order valence-electron chi connectivity index (χ0n) is 12.4. The molecule has 5 atom stereocenters. The van der Waals surface area contributed by atoms with Gasteiger partial charge in [-0.15, -0.1) is 11.6 Å². The van der Waals surface area contributed by atoms with E-state index in [0.29, 0.717) is 0 Å². The highest BCUT2D eigenvalue weighted by Gasteiger charge is 2.46. The lowest BCUT2D eigenvalue weighted by Crippen LogP contribution is -2.41. The summed E-state index contributed by atoms with van der Waals surface area (Å²) < 4.78 is 0. The van der Waals surface area contributed by atoms with Gasteiger partial charge in [-0.2, -0.15) is 0 Å². The number of fused-ring (bicyclic) bond motifs is 2. The molecule has 5 heteroatoms. The van der Waals surface area contributed by atoms with Gasteiger partial charge in [0.25, 0.3) is 0 Å². The normalized spacial score (nSPS) is 36.9. The maximum atomic E-state index is 11.4. The van der Waals surface area contributed by atoms with Crippen LogP contribution in [0.25, 0.3) is 0 Å². The lowest BCUT2D eigenvalue weighted by Gasteiger charge is -2.36. The summed E-state index contributed by atoms with van der Waals surface area (Å²) in [4.78, 5) is 11.4. The van der Waals surface area contributed by atoms with E-state index in [9.17, 15) is 9.90 Å². The number of hydrogen-bond donors (Lipinski definition) is 3. The van der Waals surface area contributed by atoms with Gasteiger partial charge in [0.1, 0.15) is 6.04 Å². The minimum absolute atomic E-state index is 0.0579. The van der Waals surface area contributed by atoms with Crippen LogP contribution in [0.15, 0.2) is 18.2 Å². The van der Waals surface area contributed by atoms with Crippen molar-refractivity contribution in [3.05, 3.63) is 34.9 Å². The lowest BCUT2D eigenvalue weighted by atomic mass is 9.73.